The van der Waals surface area contributed by atoms with Gasteiger partial charge in [0.25, 0.3) is 0 Å². The Morgan fingerprint density at radius 2 is 0.684 bits per heavy atom. The van der Waals surface area contributed by atoms with Crippen molar-refractivity contribution in [1.29, 1.82) is 0 Å². The van der Waals surface area contributed by atoms with E-state index in [-0.39, 0.29) is 6.67 Å². The zero-order valence-corrected chi connectivity index (χ0v) is 13.1. The summed E-state index contributed by atoms with van der Waals surface area (Å²) in [5.41, 5.74) is 0. The van der Waals surface area contributed by atoms with Crippen molar-refractivity contribution in [2.45, 2.75) is 103 Å². The molecule has 0 atom stereocenters. The first-order chi connectivity index (χ1) is 9.41. The summed E-state index contributed by atoms with van der Waals surface area (Å²) in [5, 5.41) is 0. The highest BCUT2D eigenvalue weighted by atomic mass is 19.1. The number of unbranched alkanes of at least 4 members (excludes halogenated alkanes) is 15. The second-order valence-electron chi connectivity index (χ2n) is 5.85. The number of rotatable bonds is 16. The van der Waals surface area contributed by atoms with E-state index in [4.69, 9.17) is 0 Å². The van der Waals surface area contributed by atoms with Crippen molar-refractivity contribution < 1.29 is 4.39 Å². The minimum Gasteiger partial charge on any atom is -0.251 e. The molecule has 0 fully saturated rings. The van der Waals surface area contributed by atoms with Gasteiger partial charge in [-0.3, -0.25) is 4.39 Å². The summed E-state index contributed by atoms with van der Waals surface area (Å²) in [5.74, 6) is 0. The molecule has 0 saturated carbocycles. The van der Waals surface area contributed by atoms with Gasteiger partial charge in [0, 0.05) is 0 Å². The number of hydrogen-bond donors (Lipinski definition) is 0. The maximum absolute atomic E-state index is 11.9. The molecule has 0 aromatic carbocycles. The Morgan fingerprint density at radius 3 is 0.947 bits per heavy atom. The van der Waals surface area contributed by atoms with Gasteiger partial charge in [-0.05, 0) is 6.42 Å². The van der Waals surface area contributed by atoms with E-state index in [1.165, 1.54) is 83.5 Å². The average Bonchev–Trinajstić information content (AvgIpc) is 2.43. The van der Waals surface area contributed by atoms with Gasteiger partial charge in [-0.2, -0.15) is 0 Å². The van der Waals surface area contributed by atoms with Gasteiger partial charge in [0.1, 0.15) is 0 Å². The standard InChI is InChI=1S/C18H36F/c1-2-3-4-5-6-7-8-9-10-11-12-13-14-15-16-17-18-19/h1-18H2. The molecular formula is C18H36F. The Bertz CT molecular complexity index is 129. The van der Waals surface area contributed by atoms with Crippen LogP contribution >= 0.6 is 0 Å². The molecule has 0 aliphatic carbocycles. The fraction of sp³-hybridized carbons (Fsp3) is 0.944. The second kappa shape index (κ2) is 17.9. The Labute approximate surface area is 121 Å². The van der Waals surface area contributed by atoms with Crippen LogP contribution in [-0.2, 0) is 0 Å². The molecular weight excluding hydrogens is 235 g/mol. The average molecular weight is 271 g/mol. The molecule has 0 aliphatic rings. The van der Waals surface area contributed by atoms with Crippen LogP contribution in [0.1, 0.15) is 103 Å². The predicted octanol–water partition coefficient (Wildman–Crippen LogP) is 7.03. The molecule has 0 saturated heterocycles. The lowest BCUT2D eigenvalue weighted by Gasteiger charge is -2.03. The molecule has 0 bridgehead atoms. The van der Waals surface area contributed by atoms with Crippen LogP contribution in [0.25, 0.3) is 0 Å². The van der Waals surface area contributed by atoms with Crippen LogP contribution in [0.4, 0.5) is 4.39 Å². The Kier molecular flexibility index (Phi) is 17.9. The summed E-state index contributed by atoms with van der Waals surface area (Å²) in [6.45, 7) is 3.74. The highest BCUT2D eigenvalue weighted by Gasteiger charge is 1.94. The number of alkyl halides is 1. The third-order valence-corrected chi connectivity index (χ3v) is 3.88. The highest BCUT2D eigenvalue weighted by Crippen LogP contribution is 2.13. The first kappa shape index (κ1) is 18.9. The first-order valence-electron chi connectivity index (χ1n) is 8.77. The topological polar surface area (TPSA) is 0 Å². The molecule has 0 aromatic heterocycles. The smallest absolute Gasteiger partial charge is 0.0894 e. The van der Waals surface area contributed by atoms with E-state index in [1.54, 1.807) is 0 Å². The van der Waals surface area contributed by atoms with Crippen LogP contribution in [0.15, 0.2) is 0 Å². The van der Waals surface area contributed by atoms with Gasteiger partial charge >= 0.3 is 0 Å². The minimum atomic E-state index is -0.130. The molecule has 0 amide bonds. The predicted molar refractivity (Wildman–Crippen MR) is 85.2 cm³/mol. The lowest BCUT2D eigenvalue weighted by Crippen LogP contribution is -1.84. The molecule has 0 aromatic rings. The van der Waals surface area contributed by atoms with Crippen LogP contribution in [0, 0.1) is 6.92 Å². The molecule has 0 unspecified atom stereocenters. The van der Waals surface area contributed by atoms with Crippen molar-refractivity contribution in [3.05, 3.63) is 6.92 Å². The first-order valence-corrected chi connectivity index (χ1v) is 8.77. The van der Waals surface area contributed by atoms with Gasteiger partial charge in [0.2, 0.25) is 0 Å². The zero-order chi connectivity index (χ0) is 14.0. The van der Waals surface area contributed by atoms with Crippen LogP contribution in [0.2, 0.25) is 0 Å². The van der Waals surface area contributed by atoms with E-state index >= 15 is 0 Å². The summed E-state index contributed by atoms with van der Waals surface area (Å²) in [6, 6.07) is 0. The Morgan fingerprint density at radius 1 is 0.421 bits per heavy atom. The van der Waals surface area contributed by atoms with Crippen molar-refractivity contribution in [3.63, 3.8) is 0 Å². The normalized spacial score (nSPS) is 11.1. The van der Waals surface area contributed by atoms with Crippen molar-refractivity contribution in [3.8, 4) is 0 Å². The quantitative estimate of drug-likeness (QED) is 0.264. The van der Waals surface area contributed by atoms with Gasteiger partial charge < -0.3 is 0 Å². The molecule has 0 rings (SSSR count). The molecule has 0 aliphatic heterocycles. The Balaban J connectivity index is 2.88. The van der Waals surface area contributed by atoms with Crippen LogP contribution in [-0.4, -0.2) is 6.67 Å². The maximum atomic E-state index is 11.9. The molecule has 0 nitrogen and oxygen atoms in total. The van der Waals surface area contributed by atoms with Crippen LogP contribution < -0.4 is 0 Å². The monoisotopic (exact) mass is 271 g/mol. The molecule has 0 heterocycles. The third-order valence-electron chi connectivity index (χ3n) is 3.88. The van der Waals surface area contributed by atoms with Crippen molar-refractivity contribution in [2.24, 2.45) is 0 Å². The van der Waals surface area contributed by atoms with Crippen molar-refractivity contribution >= 4 is 0 Å². The third kappa shape index (κ3) is 17.9. The zero-order valence-electron chi connectivity index (χ0n) is 13.1. The van der Waals surface area contributed by atoms with Gasteiger partial charge in [0.15, 0.2) is 0 Å². The lowest BCUT2D eigenvalue weighted by atomic mass is 10.0. The van der Waals surface area contributed by atoms with E-state index in [2.05, 4.69) is 6.92 Å². The summed E-state index contributed by atoms with van der Waals surface area (Å²) >= 11 is 0. The fourth-order valence-electron chi connectivity index (χ4n) is 2.57. The van der Waals surface area contributed by atoms with Gasteiger partial charge in [-0.25, -0.2) is 0 Å². The lowest BCUT2D eigenvalue weighted by molar-refractivity contribution is 0.448. The van der Waals surface area contributed by atoms with Crippen molar-refractivity contribution in [2.75, 3.05) is 6.67 Å². The largest absolute Gasteiger partial charge is 0.251 e. The second-order valence-corrected chi connectivity index (χ2v) is 5.85. The molecule has 0 spiro atoms. The summed E-state index contributed by atoms with van der Waals surface area (Å²) in [7, 11) is 0. The van der Waals surface area contributed by atoms with E-state index in [0.717, 1.165) is 19.3 Å². The van der Waals surface area contributed by atoms with Gasteiger partial charge in [-0.15, -0.1) is 0 Å². The maximum Gasteiger partial charge on any atom is 0.0894 e. The van der Waals surface area contributed by atoms with E-state index < -0.39 is 0 Å². The van der Waals surface area contributed by atoms with Gasteiger partial charge in [-0.1, -0.05) is 103 Å². The van der Waals surface area contributed by atoms with Crippen LogP contribution in [0.3, 0.4) is 0 Å². The molecule has 19 heavy (non-hydrogen) atoms. The molecule has 115 valence electrons. The summed E-state index contributed by atoms with van der Waals surface area (Å²) < 4.78 is 11.9. The summed E-state index contributed by atoms with van der Waals surface area (Å²) in [4.78, 5) is 0. The van der Waals surface area contributed by atoms with E-state index in [9.17, 15) is 4.39 Å². The molecule has 0 N–H and O–H groups in total. The summed E-state index contributed by atoms with van der Waals surface area (Å²) in [6.07, 6.45) is 20.9. The Hall–Kier alpha value is -0.0700. The number of halogens is 1. The van der Waals surface area contributed by atoms with Gasteiger partial charge in [0.05, 0.1) is 6.67 Å². The van der Waals surface area contributed by atoms with Crippen LogP contribution in [0.5, 0.6) is 0 Å². The SMILES string of the molecule is [CH2]CCCCCCCCCCCCCCCCCF. The fourth-order valence-corrected chi connectivity index (χ4v) is 2.57. The van der Waals surface area contributed by atoms with E-state index in [1.807, 2.05) is 0 Å². The molecule has 1 heteroatoms. The molecule has 1 radical (unpaired) electrons. The minimum absolute atomic E-state index is 0.130. The van der Waals surface area contributed by atoms with Crippen molar-refractivity contribution in [1.82, 2.24) is 0 Å². The van der Waals surface area contributed by atoms with E-state index in [0.29, 0.717) is 0 Å². The highest BCUT2D eigenvalue weighted by molar-refractivity contribution is 4.50. The number of hydrogen-bond acceptors (Lipinski definition) is 0.